The SMILES string of the molecule is C1=C(c2ccccc2-c2nn[nH]n2)CC2COCC1N2. The first-order chi connectivity index (χ1) is 9.90. The zero-order valence-electron chi connectivity index (χ0n) is 10.9. The number of aromatic nitrogens is 4. The van der Waals surface area contributed by atoms with Gasteiger partial charge in [-0.3, -0.25) is 0 Å². The molecule has 1 aromatic carbocycles. The standard InChI is InChI=1S/C14H15N5O/c1-2-4-13(14-16-18-19-17-14)12(3-1)9-5-10-7-20-8-11(6-9)15-10/h1-5,10-11,15H,6-8H2,(H,16,17,18,19). The second-order valence-corrected chi connectivity index (χ2v) is 5.18. The molecule has 0 amide bonds. The highest BCUT2D eigenvalue weighted by Gasteiger charge is 2.27. The molecule has 0 spiro atoms. The molecular formula is C14H15N5O. The minimum absolute atomic E-state index is 0.302. The molecule has 1 fully saturated rings. The second-order valence-electron chi connectivity index (χ2n) is 5.18. The molecule has 1 saturated heterocycles. The highest BCUT2D eigenvalue weighted by atomic mass is 16.5. The summed E-state index contributed by atoms with van der Waals surface area (Å²) in [5, 5.41) is 17.9. The first-order valence-electron chi connectivity index (χ1n) is 6.78. The number of tetrazole rings is 1. The molecule has 2 aliphatic rings. The lowest BCUT2D eigenvalue weighted by Crippen LogP contribution is -2.50. The van der Waals surface area contributed by atoms with Gasteiger partial charge in [-0.15, -0.1) is 10.2 Å². The molecule has 0 saturated carbocycles. The van der Waals surface area contributed by atoms with Gasteiger partial charge in [0.25, 0.3) is 0 Å². The van der Waals surface area contributed by atoms with Gasteiger partial charge >= 0.3 is 0 Å². The minimum atomic E-state index is 0.302. The summed E-state index contributed by atoms with van der Waals surface area (Å²) in [6.45, 7) is 1.52. The van der Waals surface area contributed by atoms with E-state index in [1.54, 1.807) is 0 Å². The third-order valence-corrected chi connectivity index (χ3v) is 3.79. The Bertz CT molecular complexity index is 637. The maximum Gasteiger partial charge on any atom is 0.205 e. The van der Waals surface area contributed by atoms with E-state index in [0.29, 0.717) is 17.9 Å². The van der Waals surface area contributed by atoms with Crippen molar-refractivity contribution in [1.29, 1.82) is 0 Å². The zero-order chi connectivity index (χ0) is 13.4. The van der Waals surface area contributed by atoms with Gasteiger partial charge in [0.1, 0.15) is 0 Å². The predicted octanol–water partition coefficient (Wildman–Crippen LogP) is 1.01. The number of fused-ring (bicyclic) bond motifs is 2. The number of aromatic amines is 1. The van der Waals surface area contributed by atoms with E-state index in [4.69, 9.17) is 4.74 Å². The molecule has 0 radical (unpaired) electrons. The van der Waals surface area contributed by atoms with E-state index in [-0.39, 0.29) is 0 Å². The zero-order valence-corrected chi connectivity index (χ0v) is 10.9. The van der Waals surface area contributed by atoms with E-state index < -0.39 is 0 Å². The van der Waals surface area contributed by atoms with Crippen LogP contribution in [0.5, 0.6) is 0 Å². The molecule has 2 bridgehead atoms. The Labute approximate surface area is 116 Å². The number of rotatable bonds is 2. The number of H-pyrrole nitrogens is 1. The van der Waals surface area contributed by atoms with Gasteiger partial charge in [0.15, 0.2) is 0 Å². The number of ether oxygens (including phenoxy) is 1. The third kappa shape index (κ3) is 2.03. The van der Waals surface area contributed by atoms with Crippen LogP contribution in [0, 0.1) is 0 Å². The van der Waals surface area contributed by atoms with Crippen molar-refractivity contribution in [2.24, 2.45) is 0 Å². The molecule has 2 N–H and O–H groups in total. The molecule has 4 rings (SSSR count). The number of morpholine rings is 1. The first-order valence-corrected chi connectivity index (χ1v) is 6.78. The fraction of sp³-hybridized carbons (Fsp3) is 0.357. The number of nitrogens with one attached hydrogen (secondary N) is 2. The Morgan fingerprint density at radius 3 is 2.85 bits per heavy atom. The first kappa shape index (κ1) is 11.7. The van der Waals surface area contributed by atoms with E-state index in [2.05, 4.69) is 38.1 Å². The van der Waals surface area contributed by atoms with Crippen LogP contribution < -0.4 is 5.32 Å². The molecule has 6 heteroatoms. The van der Waals surface area contributed by atoms with Gasteiger partial charge in [-0.05, 0) is 22.8 Å². The van der Waals surface area contributed by atoms with E-state index in [1.165, 1.54) is 11.1 Å². The average Bonchev–Trinajstić information content (AvgIpc) is 3.01. The highest BCUT2D eigenvalue weighted by Crippen LogP contribution is 2.32. The summed E-state index contributed by atoms with van der Waals surface area (Å²) in [6, 6.07) is 8.91. The summed E-state index contributed by atoms with van der Waals surface area (Å²) in [6.07, 6.45) is 3.22. The van der Waals surface area contributed by atoms with Crippen LogP contribution in [-0.2, 0) is 4.74 Å². The molecule has 3 heterocycles. The van der Waals surface area contributed by atoms with Gasteiger partial charge in [0, 0.05) is 17.6 Å². The van der Waals surface area contributed by atoms with Crippen LogP contribution in [0.2, 0.25) is 0 Å². The van der Waals surface area contributed by atoms with Crippen LogP contribution in [0.1, 0.15) is 12.0 Å². The van der Waals surface area contributed by atoms with E-state index in [9.17, 15) is 0 Å². The van der Waals surface area contributed by atoms with Crippen molar-refractivity contribution in [2.75, 3.05) is 13.2 Å². The molecule has 2 aliphatic heterocycles. The lowest BCUT2D eigenvalue weighted by molar-refractivity contribution is 0.0561. The smallest absolute Gasteiger partial charge is 0.205 e. The van der Waals surface area contributed by atoms with Crippen LogP contribution >= 0.6 is 0 Å². The molecule has 2 aromatic rings. The normalized spacial score (nSPS) is 25.3. The lowest BCUT2D eigenvalue weighted by Gasteiger charge is -2.35. The van der Waals surface area contributed by atoms with Gasteiger partial charge in [-0.25, -0.2) is 0 Å². The minimum Gasteiger partial charge on any atom is -0.378 e. The van der Waals surface area contributed by atoms with Crippen molar-refractivity contribution in [3.05, 3.63) is 35.9 Å². The number of hydrogen-bond acceptors (Lipinski definition) is 5. The molecule has 20 heavy (non-hydrogen) atoms. The summed E-state index contributed by atoms with van der Waals surface area (Å²) in [7, 11) is 0. The Morgan fingerprint density at radius 1 is 1.15 bits per heavy atom. The molecule has 0 aliphatic carbocycles. The molecule has 102 valence electrons. The Balaban J connectivity index is 1.77. The second kappa shape index (κ2) is 4.81. The van der Waals surface area contributed by atoms with Crippen LogP contribution in [-0.4, -0.2) is 45.9 Å². The maximum atomic E-state index is 5.58. The van der Waals surface area contributed by atoms with Crippen molar-refractivity contribution in [2.45, 2.75) is 18.5 Å². The number of benzene rings is 1. The Kier molecular flexibility index (Phi) is 2.82. The van der Waals surface area contributed by atoms with Gasteiger partial charge < -0.3 is 10.1 Å². The largest absolute Gasteiger partial charge is 0.378 e. The van der Waals surface area contributed by atoms with Gasteiger partial charge in [-0.2, -0.15) is 5.21 Å². The van der Waals surface area contributed by atoms with E-state index in [0.717, 1.165) is 25.2 Å². The van der Waals surface area contributed by atoms with Crippen molar-refractivity contribution in [1.82, 2.24) is 25.9 Å². The monoisotopic (exact) mass is 269 g/mol. The predicted molar refractivity (Wildman–Crippen MR) is 73.7 cm³/mol. The molecular weight excluding hydrogens is 254 g/mol. The fourth-order valence-electron chi connectivity index (χ4n) is 2.96. The van der Waals surface area contributed by atoms with Crippen molar-refractivity contribution >= 4 is 5.57 Å². The lowest BCUT2D eigenvalue weighted by atomic mass is 9.89. The van der Waals surface area contributed by atoms with Crippen LogP contribution in [0.25, 0.3) is 17.0 Å². The van der Waals surface area contributed by atoms with Crippen molar-refractivity contribution in [3.8, 4) is 11.4 Å². The van der Waals surface area contributed by atoms with E-state index >= 15 is 0 Å². The molecule has 2 atom stereocenters. The van der Waals surface area contributed by atoms with Gasteiger partial charge in [0.2, 0.25) is 5.82 Å². The Hall–Kier alpha value is -2.05. The van der Waals surface area contributed by atoms with E-state index in [1.807, 2.05) is 18.2 Å². The third-order valence-electron chi connectivity index (χ3n) is 3.79. The summed E-state index contributed by atoms with van der Waals surface area (Å²) >= 11 is 0. The maximum absolute atomic E-state index is 5.58. The van der Waals surface area contributed by atoms with Crippen molar-refractivity contribution in [3.63, 3.8) is 0 Å². The summed E-state index contributed by atoms with van der Waals surface area (Å²) in [5.74, 6) is 0.640. The molecule has 2 unspecified atom stereocenters. The highest BCUT2D eigenvalue weighted by molar-refractivity contribution is 5.79. The van der Waals surface area contributed by atoms with Crippen LogP contribution in [0.15, 0.2) is 30.3 Å². The van der Waals surface area contributed by atoms with Crippen molar-refractivity contribution < 1.29 is 4.74 Å². The summed E-state index contributed by atoms with van der Waals surface area (Å²) in [5.41, 5.74) is 3.54. The molecule has 6 nitrogen and oxygen atoms in total. The average molecular weight is 269 g/mol. The quantitative estimate of drug-likeness (QED) is 0.851. The number of hydrogen-bond donors (Lipinski definition) is 2. The summed E-state index contributed by atoms with van der Waals surface area (Å²) < 4.78 is 5.58. The number of nitrogens with zero attached hydrogens (tertiary/aromatic N) is 3. The van der Waals surface area contributed by atoms with Gasteiger partial charge in [0.05, 0.1) is 13.2 Å². The fourth-order valence-corrected chi connectivity index (χ4v) is 2.96. The van der Waals surface area contributed by atoms with Crippen LogP contribution in [0.3, 0.4) is 0 Å². The van der Waals surface area contributed by atoms with Gasteiger partial charge in [-0.1, -0.05) is 30.3 Å². The van der Waals surface area contributed by atoms with Crippen LogP contribution in [0.4, 0.5) is 0 Å². The topological polar surface area (TPSA) is 75.7 Å². The Morgan fingerprint density at radius 2 is 2.05 bits per heavy atom. The summed E-state index contributed by atoms with van der Waals surface area (Å²) in [4.78, 5) is 0. The molecule has 1 aromatic heterocycles.